The van der Waals surface area contributed by atoms with E-state index >= 15 is 0 Å². The van der Waals surface area contributed by atoms with Gasteiger partial charge in [-0.2, -0.15) is 13.2 Å². The molecule has 0 spiro atoms. The van der Waals surface area contributed by atoms with Gasteiger partial charge in [0.05, 0.1) is 12.1 Å². The van der Waals surface area contributed by atoms with Crippen LogP contribution in [-0.4, -0.2) is 66.1 Å². The first kappa shape index (κ1) is 31.3. The molecule has 0 bridgehead atoms. The van der Waals surface area contributed by atoms with Crippen LogP contribution in [0.5, 0.6) is 0 Å². The lowest BCUT2D eigenvalue weighted by molar-refractivity contribution is -0.202. The van der Waals surface area contributed by atoms with E-state index in [1.54, 1.807) is 0 Å². The van der Waals surface area contributed by atoms with Gasteiger partial charge in [-0.15, -0.1) is 0 Å². The van der Waals surface area contributed by atoms with Gasteiger partial charge in [-0.05, 0) is 42.0 Å². The van der Waals surface area contributed by atoms with Gasteiger partial charge in [-0.3, -0.25) is 9.59 Å². The summed E-state index contributed by atoms with van der Waals surface area (Å²) in [5.41, 5.74) is 9.32. The van der Waals surface area contributed by atoms with Crippen LogP contribution in [0.4, 0.5) is 13.2 Å². The number of nitrogens with zero attached hydrogens (tertiary/aromatic N) is 1. The van der Waals surface area contributed by atoms with E-state index in [0.29, 0.717) is 19.4 Å². The molecule has 1 aliphatic rings. The number of halogens is 3. The number of alkyl halides is 3. The Balaban J connectivity index is 1.73. The first-order valence-electron chi connectivity index (χ1n) is 13.0. The van der Waals surface area contributed by atoms with Crippen molar-refractivity contribution in [2.75, 3.05) is 13.1 Å². The fourth-order valence-electron chi connectivity index (χ4n) is 4.35. The summed E-state index contributed by atoms with van der Waals surface area (Å²) in [6.07, 6.45) is -4.25. The largest absolute Gasteiger partial charge is 0.491 e. The Morgan fingerprint density at radius 1 is 0.976 bits per heavy atom. The van der Waals surface area contributed by atoms with Crippen molar-refractivity contribution in [3.05, 3.63) is 83.1 Å². The molecule has 0 fully saturated rings. The first-order valence-corrected chi connectivity index (χ1v) is 13.0. The standard InChI is InChI=1S/C29H32F3N3O6/c1-3-14-35(15-13-19-9-11-21(12-10-19)16-20-7-5-4-6-8-20)26(37)25-24(34-18(2)36)22(33)17-23(40-25)27(38)41-28(39)29(30,31)32/h4-12,17,22,24-25H,3,13-16,33H2,1-2H3,(H,34,36)/t22-,24+,25+/m0/s1. The van der Waals surface area contributed by atoms with Gasteiger partial charge in [0.2, 0.25) is 11.7 Å². The van der Waals surface area contributed by atoms with Crippen LogP contribution in [0.25, 0.3) is 0 Å². The molecule has 220 valence electrons. The Hall–Kier alpha value is -4.19. The monoisotopic (exact) mass is 575 g/mol. The summed E-state index contributed by atoms with van der Waals surface area (Å²) in [5, 5.41) is 2.50. The third kappa shape index (κ3) is 8.90. The number of carbonyl (C=O) groups is 4. The number of hydrogen-bond donors (Lipinski definition) is 2. The zero-order valence-corrected chi connectivity index (χ0v) is 22.6. The van der Waals surface area contributed by atoms with Crippen molar-refractivity contribution >= 4 is 23.8 Å². The number of hydrogen-bond acceptors (Lipinski definition) is 7. The summed E-state index contributed by atoms with van der Waals surface area (Å²) in [6, 6.07) is 15.6. The predicted octanol–water partition coefficient (Wildman–Crippen LogP) is 2.81. The minimum absolute atomic E-state index is 0.253. The molecule has 41 heavy (non-hydrogen) atoms. The maximum Gasteiger partial charge on any atom is 0.491 e. The fourth-order valence-corrected chi connectivity index (χ4v) is 4.35. The highest BCUT2D eigenvalue weighted by Gasteiger charge is 2.46. The number of rotatable bonds is 10. The van der Waals surface area contributed by atoms with E-state index < -0.39 is 53.9 Å². The van der Waals surface area contributed by atoms with E-state index in [4.69, 9.17) is 10.5 Å². The highest BCUT2D eigenvalue weighted by atomic mass is 19.4. The molecule has 0 radical (unpaired) electrons. The number of esters is 2. The van der Waals surface area contributed by atoms with Crippen LogP contribution >= 0.6 is 0 Å². The highest BCUT2D eigenvalue weighted by Crippen LogP contribution is 2.23. The summed E-state index contributed by atoms with van der Waals surface area (Å²) in [5.74, 6) is -6.51. The van der Waals surface area contributed by atoms with E-state index in [-0.39, 0.29) is 6.54 Å². The van der Waals surface area contributed by atoms with Crippen molar-refractivity contribution in [2.24, 2.45) is 5.73 Å². The maximum absolute atomic E-state index is 13.6. The first-order chi connectivity index (χ1) is 19.4. The topological polar surface area (TPSA) is 128 Å². The average molecular weight is 576 g/mol. The molecular formula is C29H32F3N3O6. The summed E-state index contributed by atoms with van der Waals surface area (Å²) >= 11 is 0. The van der Waals surface area contributed by atoms with E-state index in [0.717, 1.165) is 23.6 Å². The Kier molecular flexibility index (Phi) is 10.6. The lowest BCUT2D eigenvalue weighted by Crippen LogP contribution is -2.61. The van der Waals surface area contributed by atoms with Gasteiger partial charge in [0.25, 0.3) is 5.91 Å². The van der Waals surface area contributed by atoms with Gasteiger partial charge in [0, 0.05) is 20.0 Å². The molecule has 0 saturated heterocycles. The van der Waals surface area contributed by atoms with Crippen LogP contribution in [0.1, 0.15) is 37.0 Å². The molecule has 1 heterocycles. The Bertz CT molecular complexity index is 1260. The molecule has 3 atom stereocenters. The highest BCUT2D eigenvalue weighted by molar-refractivity contribution is 5.97. The molecule has 0 unspecified atom stereocenters. The molecule has 3 rings (SSSR count). The van der Waals surface area contributed by atoms with Gasteiger partial charge in [-0.25, -0.2) is 9.59 Å². The number of nitrogens with one attached hydrogen (secondary N) is 1. The maximum atomic E-state index is 13.6. The molecule has 0 saturated carbocycles. The normalized spacial score (nSPS) is 18.5. The van der Waals surface area contributed by atoms with Crippen molar-refractivity contribution < 1.29 is 41.8 Å². The van der Waals surface area contributed by atoms with Crippen molar-refractivity contribution in [1.82, 2.24) is 10.2 Å². The molecule has 2 aromatic carbocycles. The number of carbonyl (C=O) groups excluding carboxylic acids is 4. The lowest BCUT2D eigenvalue weighted by Gasteiger charge is -2.37. The SMILES string of the molecule is CCCN(CCc1ccc(Cc2ccccc2)cc1)C(=O)[C@@H]1OC(C(=O)OC(=O)C(F)(F)F)=C[C@H](N)[C@H]1NC(C)=O. The molecule has 0 aliphatic carbocycles. The average Bonchev–Trinajstić information content (AvgIpc) is 2.92. The smallest absolute Gasteiger partial charge is 0.471 e. The van der Waals surface area contributed by atoms with E-state index in [1.807, 2.05) is 61.5 Å². The van der Waals surface area contributed by atoms with Gasteiger partial charge in [-0.1, -0.05) is 61.5 Å². The van der Waals surface area contributed by atoms with Crippen molar-refractivity contribution in [2.45, 2.75) is 57.5 Å². The summed E-state index contributed by atoms with van der Waals surface area (Å²) in [6.45, 7) is 3.59. The minimum Gasteiger partial charge on any atom is -0.471 e. The van der Waals surface area contributed by atoms with Gasteiger partial charge >= 0.3 is 18.1 Å². The molecule has 2 amide bonds. The van der Waals surface area contributed by atoms with Gasteiger partial charge < -0.3 is 25.4 Å². The van der Waals surface area contributed by atoms with Crippen LogP contribution in [-0.2, 0) is 41.5 Å². The summed E-state index contributed by atoms with van der Waals surface area (Å²) in [4.78, 5) is 50.3. The molecule has 3 N–H and O–H groups in total. The second kappa shape index (κ2) is 13.9. The molecular weight excluding hydrogens is 543 g/mol. The van der Waals surface area contributed by atoms with E-state index in [2.05, 4.69) is 10.1 Å². The van der Waals surface area contributed by atoms with Gasteiger partial charge in [0.1, 0.15) is 0 Å². The Morgan fingerprint density at radius 2 is 1.59 bits per heavy atom. The second-order valence-corrected chi connectivity index (χ2v) is 9.60. The number of benzene rings is 2. The van der Waals surface area contributed by atoms with Crippen LogP contribution < -0.4 is 11.1 Å². The van der Waals surface area contributed by atoms with Crippen LogP contribution in [0.15, 0.2) is 66.4 Å². The van der Waals surface area contributed by atoms with Crippen LogP contribution in [0, 0.1) is 0 Å². The van der Waals surface area contributed by atoms with Crippen molar-refractivity contribution in [3.63, 3.8) is 0 Å². The van der Waals surface area contributed by atoms with E-state index in [1.165, 1.54) is 17.4 Å². The lowest BCUT2D eigenvalue weighted by atomic mass is 9.97. The minimum atomic E-state index is -5.42. The predicted molar refractivity (Wildman–Crippen MR) is 142 cm³/mol. The van der Waals surface area contributed by atoms with Crippen LogP contribution in [0.3, 0.4) is 0 Å². The molecule has 9 nitrogen and oxygen atoms in total. The molecule has 1 aliphatic heterocycles. The fraction of sp³-hybridized carbons (Fsp3) is 0.379. The number of nitrogens with two attached hydrogens (primary N) is 1. The Morgan fingerprint density at radius 3 is 2.17 bits per heavy atom. The summed E-state index contributed by atoms with van der Waals surface area (Å²) in [7, 11) is 0. The van der Waals surface area contributed by atoms with Crippen molar-refractivity contribution in [3.8, 4) is 0 Å². The van der Waals surface area contributed by atoms with E-state index in [9.17, 15) is 32.3 Å². The molecule has 2 aromatic rings. The quantitative estimate of drug-likeness (QED) is 0.329. The molecule has 0 aromatic heterocycles. The van der Waals surface area contributed by atoms with Gasteiger partial charge in [0.15, 0.2) is 6.10 Å². The molecule has 12 heteroatoms. The second-order valence-electron chi connectivity index (χ2n) is 9.60. The summed E-state index contributed by atoms with van der Waals surface area (Å²) < 4.78 is 47.0. The third-order valence-corrected chi connectivity index (χ3v) is 6.32. The zero-order chi connectivity index (χ0) is 30.2. The number of amides is 2. The third-order valence-electron chi connectivity index (χ3n) is 6.32. The zero-order valence-electron chi connectivity index (χ0n) is 22.6. The number of ether oxygens (including phenoxy) is 2. The van der Waals surface area contributed by atoms with Crippen LogP contribution in [0.2, 0.25) is 0 Å². The Labute approximate surface area is 235 Å². The van der Waals surface area contributed by atoms with Crippen molar-refractivity contribution in [1.29, 1.82) is 0 Å².